The maximum Gasteiger partial charge on any atom is 0.307 e. The number of esters is 1. The number of carbonyl (C=O) groups excluding carboxylic acids is 2. The van der Waals surface area contributed by atoms with E-state index < -0.39 is 23.8 Å². The number of methoxy groups -OCH3 is 1. The van der Waals surface area contributed by atoms with Gasteiger partial charge in [0, 0.05) is 17.7 Å². The average molecular weight is 520 g/mol. The van der Waals surface area contributed by atoms with Crippen LogP contribution in [-0.2, 0) is 14.9 Å². The van der Waals surface area contributed by atoms with Crippen LogP contribution >= 0.6 is 0 Å². The predicted octanol–water partition coefficient (Wildman–Crippen LogP) is 7.25. The van der Waals surface area contributed by atoms with E-state index >= 15 is 4.39 Å². The van der Waals surface area contributed by atoms with Gasteiger partial charge < -0.3 is 14.8 Å². The Hall–Kier alpha value is -3.67. The van der Waals surface area contributed by atoms with Crippen LogP contribution in [0.2, 0.25) is 0 Å². The van der Waals surface area contributed by atoms with Gasteiger partial charge in [0.15, 0.2) is 0 Å². The first-order chi connectivity index (χ1) is 18.0. The van der Waals surface area contributed by atoms with Crippen LogP contribution < -0.4 is 10.1 Å². The Morgan fingerprint density at radius 1 is 0.921 bits per heavy atom. The highest BCUT2D eigenvalue weighted by molar-refractivity contribution is 5.94. The molecule has 1 unspecified atom stereocenters. The van der Waals surface area contributed by atoms with E-state index in [0.29, 0.717) is 17.7 Å². The predicted molar refractivity (Wildman–Crippen MR) is 149 cm³/mol. The molecule has 3 rings (SSSR count). The summed E-state index contributed by atoms with van der Waals surface area (Å²) in [5, 5.41) is 2.60. The Kier molecular flexibility index (Phi) is 9.67. The van der Waals surface area contributed by atoms with Gasteiger partial charge in [0.1, 0.15) is 17.7 Å². The van der Waals surface area contributed by atoms with Gasteiger partial charge in [0.2, 0.25) is 0 Å². The molecular weight excluding hydrogens is 481 g/mol. The summed E-state index contributed by atoms with van der Waals surface area (Å²) in [5.41, 5.74) is 4.16. The Balaban J connectivity index is 1.73. The molecule has 202 valence electrons. The normalized spacial score (nSPS) is 12.2. The van der Waals surface area contributed by atoms with Crippen molar-refractivity contribution >= 4 is 11.9 Å². The van der Waals surface area contributed by atoms with E-state index in [1.165, 1.54) is 18.7 Å². The maximum atomic E-state index is 15.2. The monoisotopic (exact) mass is 519 g/mol. The Morgan fingerprint density at radius 2 is 1.53 bits per heavy atom. The molecule has 0 aromatic heterocycles. The van der Waals surface area contributed by atoms with Crippen molar-refractivity contribution in [2.75, 3.05) is 13.7 Å². The van der Waals surface area contributed by atoms with E-state index in [-0.39, 0.29) is 29.9 Å². The Bertz CT molecular complexity index is 1230. The number of carbonyl (C=O) groups is 2. The van der Waals surface area contributed by atoms with Crippen LogP contribution in [-0.4, -0.2) is 25.5 Å². The zero-order valence-electron chi connectivity index (χ0n) is 23.1. The summed E-state index contributed by atoms with van der Waals surface area (Å²) >= 11 is 0. The van der Waals surface area contributed by atoms with Gasteiger partial charge in [-0.1, -0.05) is 77.1 Å². The van der Waals surface area contributed by atoms with Crippen molar-refractivity contribution in [1.29, 1.82) is 0 Å². The summed E-state index contributed by atoms with van der Waals surface area (Å²) < 4.78 is 26.0. The molecule has 1 amide bonds. The smallest absolute Gasteiger partial charge is 0.307 e. The van der Waals surface area contributed by atoms with Gasteiger partial charge in [0.25, 0.3) is 5.91 Å². The second-order valence-electron chi connectivity index (χ2n) is 10.9. The van der Waals surface area contributed by atoms with Crippen molar-refractivity contribution in [2.24, 2.45) is 5.92 Å². The zero-order chi connectivity index (χ0) is 27.9. The average Bonchev–Trinajstić information content (AvgIpc) is 2.87. The Labute approximate surface area is 225 Å². The molecule has 5 nitrogen and oxygen atoms in total. The first-order valence-corrected chi connectivity index (χ1v) is 13.0. The van der Waals surface area contributed by atoms with Gasteiger partial charge in [-0.05, 0) is 58.7 Å². The minimum absolute atomic E-state index is 0.0497. The van der Waals surface area contributed by atoms with Gasteiger partial charge in [-0.2, -0.15) is 0 Å². The lowest BCUT2D eigenvalue weighted by atomic mass is 9.86. The minimum Gasteiger partial charge on any atom is -0.486 e. The van der Waals surface area contributed by atoms with Crippen LogP contribution in [0.4, 0.5) is 4.39 Å². The molecule has 0 aliphatic heterocycles. The molecule has 1 atom stereocenters. The first-order valence-electron chi connectivity index (χ1n) is 13.0. The summed E-state index contributed by atoms with van der Waals surface area (Å²) in [7, 11) is 1.29. The van der Waals surface area contributed by atoms with Gasteiger partial charge >= 0.3 is 5.97 Å². The van der Waals surface area contributed by atoms with E-state index in [0.717, 1.165) is 11.1 Å². The molecule has 0 spiro atoms. The molecule has 0 aliphatic rings. The lowest BCUT2D eigenvalue weighted by Gasteiger charge is -2.22. The lowest BCUT2D eigenvalue weighted by Crippen LogP contribution is -2.26. The molecule has 0 fully saturated rings. The fraction of sp³-hybridized carbons (Fsp3) is 0.375. The molecule has 1 N–H and O–H groups in total. The fourth-order valence-corrected chi connectivity index (χ4v) is 4.13. The highest BCUT2D eigenvalue weighted by Crippen LogP contribution is 2.32. The molecule has 0 aliphatic carbocycles. The second kappa shape index (κ2) is 12.7. The molecule has 38 heavy (non-hydrogen) atoms. The Morgan fingerprint density at radius 3 is 2.05 bits per heavy atom. The zero-order valence-corrected chi connectivity index (χ0v) is 23.1. The molecule has 3 aromatic carbocycles. The highest BCUT2D eigenvalue weighted by atomic mass is 19.1. The molecule has 0 radical (unpaired) electrons. The van der Waals surface area contributed by atoms with Gasteiger partial charge in [-0.3, -0.25) is 9.59 Å². The second-order valence-corrected chi connectivity index (χ2v) is 10.9. The lowest BCUT2D eigenvalue weighted by molar-refractivity contribution is -0.140. The summed E-state index contributed by atoms with van der Waals surface area (Å²) in [6, 6.07) is 20.8. The molecule has 0 heterocycles. The summed E-state index contributed by atoms with van der Waals surface area (Å²) in [6.45, 7) is 10.8. The van der Waals surface area contributed by atoms with E-state index in [1.54, 1.807) is 12.1 Å². The SMILES string of the molecule is COC(=O)CCNC(=O)c1ccc(C(CC(C)C)Oc2ccc(-c3ccc(C(C)(C)C)cc3)cc2)c(F)c1. The number of nitrogens with one attached hydrogen (secondary N) is 1. The molecule has 0 bridgehead atoms. The third-order valence-corrected chi connectivity index (χ3v) is 6.35. The van der Waals surface area contributed by atoms with Crippen LogP contribution in [0.25, 0.3) is 11.1 Å². The van der Waals surface area contributed by atoms with Crippen molar-refractivity contribution in [1.82, 2.24) is 5.32 Å². The van der Waals surface area contributed by atoms with Crippen molar-refractivity contribution < 1.29 is 23.5 Å². The van der Waals surface area contributed by atoms with Gasteiger partial charge in [-0.15, -0.1) is 0 Å². The largest absolute Gasteiger partial charge is 0.486 e. The summed E-state index contributed by atoms with van der Waals surface area (Å²) in [4.78, 5) is 23.6. The van der Waals surface area contributed by atoms with Crippen LogP contribution in [0, 0.1) is 11.7 Å². The summed E-state index contributed by atoms with van der Waals surface area (Å²) in [6.07, 6.45) is 0.148. The van der Waals surface area contributed by atoms with Crippen molar-refractivity contribution in [3.05, 3.63) is 89.2 Å². The fourth-order valence-electron chi connectivity index (χ4n) is 4.13. The number of hydrogen-bond donors (Lipinski definition) is 1. The first kappa shape index (κ1) is 28.9. The number of halogens is 1. The van der Waals surface area contributed by atoms with E-state index in [2.05, 4.69) is 68.9 Å². The van der Waals surface area contributed by atoms with E-state index in [9.17, 15) is 9.59 Å². The van der Waals surface area contributed by atoms with Crippen LogP contribution in [0.15, 0.2) is 66.7 Å². The van der Waals surface area contributed by atoms with Crippen molar-refractivity contribution in [3.63, 3.8) is 0 Å². The molecule has 6 heteroatoms. The van der Waals surface area contributed by atoms with Crippen LogP contribution in [0.3, 0.4) is 0 Å². The number of ether oxygens (including phenoxy) is 2. The van der Waals surface area contributed by atoms with Gasteiger partial charge in [0.05, 0.1) is 13.5 Å². The maximum absolute atomic E-state index is 15.2. The number of benzene rings is 3. The minimum atomic E-state index is -0.511. The number of amides is 1. The van der Waals surface area contributed by atoms with E-state index in [1.807, 2.05) is 24.3 Å². The highest BCUT2D eigenvalue weighted by Gasteiger charge is 2.21. The number of hydrogen-bond acceptors (Lipinski definition) is 4. The molecule has 0 saturated heterocycles. The third kappa shape index (κ3) is 7.91. The standard InChI is InChI=1S/C32H38FNO4/c1-21(2)19-29(27-16-11-24(20-28(27)33)31(36)34-18-17-30(35)37-6)38-26-14-9-23(10-15-26)22-7-12-25(13-8-22)32(3,4)5/h7-16,20-21,29H,17-19H2,1-6H3,(H,34,36). The van der Waals surface area contributed by atoms with Crippen LogP contribution in [0.1, 0.15) is 75.0 Å². The van der Waals surface area contributed by atoms with Gasteiger partial charge in [-0.25, -0.2) is 4.39 Å². The van der Waals surface area contributed by atoms with E-state index in [4.69, 9.17) is 4.74 Å². The molecule has 3 aromatic rings. The van der Waals surface area contributed by atoms with Crippen molar-refractivity contribution in [2.45, 2.75) is 59.0 Å². The quantitative estimate of drug-likeness (QED) is 0.287. The topological polar surface area (TPSA) is 64.6 Å². The van der Waals surface area contributed by atoms with Crippen molar-refractivity contribution in [3.8, 4) is 16.9 Å². The van der Waals surface area contributed by atoms with Crippen LogP contribution in [0.5, 0.6) is 5.75 Å². The number of rotatable bonds is 10. The molecule has 0 saturated carbocycles. The molecular formula is C32H38FNO4. The summed E-state index contributed by atoms with van der Waals surface area (Å²) in [5.74, 6) is -0.471. The third-order valence-electron chi connectivity index (χ3n) is 6.35.